The van der Waals surface area contributed by atoms with E-state index < -0.39 is 41.3 Å². The van der Waals surface area contributed by atoms with Gasteiger partial charge in [-0.05, 0) is 29.2 Å². The lowest BCUT2D eigenvalue weighted by atomic mass is 9.80. The minimum absolute atomic E-state index is 0.111. The van der Waals surface area contributed by atoms with Gasteiger partial charge in [0.25, 0.3) is 5.56 Å². The molecule has 0 saturated carbocycles. The topological polar surface area (TPSA) is 106 Å². The first-order chi connectivity index (χ1) is 19.4. The zero-order valence-corrected chi connectivity index (χ0v) is 22.6. The minimum Gasteiger partial charge on any atom is -0.387 e. The largest absolute Gasteiger partial charge is 0.387 e. The van der Waals surface area contributed by atoms with Crippen molar-refractivity contribution < 1.29 is 14.6 Å². The number of rotatable bonds is 10. The van der Waals surface area contributed by atoms with E-state index in [2.05, 4.69) is 24.1 Å². The smallest absolute Gasteiger partial charge is 0.330 e. The molecule has 1 saturated heterocycles. The molecule has 3 N–H and O–H groups in total. The molecule has 208 valence electrons. The van der Waals surface area contributed by atoms with E-state index in [-0.39, 0.29) is 6.61 Å². The lowest BCUT2D eigenvalue weighted by molar-refractivity contribution is -0.0890. The molecule has 4 aromatic rings. The highest BCUT2D eigenvalue weighted by atomic mass is 16.6. The number of ether oxygens (including phenoxy) is 2. The van der Waals surface area contributed by atoms with Gasteiger partial charge in [-0.15, -0.1) is 0 Å². The molecule has 0 amide bonds. The highest BCUT2D eigenvalue weighted by Gasteiger charge is 2.47. The maximum absolute atomic E-state index is 12.6. The van der Waals surface area contributed by atoms with Gasteiger partial charge < -0.3 is 19.9 Å². The van der Waals surface area contributed by atoms with Crippen molar-refractivity contribution in [2.45, 2.75) is 43.9 Å². The van der Waals surface area contributed by atoms with E-state index in [1.54, 1.807) is 0 Å². The zero-order valence-electron chi connectivity index (χ0n) is 22.6. The molecule has 3 aromatic carbocycles. The average molecular weight is 542 g/mol. The fourth-order valence-corrected chi connectivity index (χ4v) is 5.34. The van der Waals surface area contributed by atoms with Crippen molar-refractivity contribution >= 4 is 0 Å². The Morgan fingerprint density at radius 1 is 0.900 bits per heavy atom. The number of aromatic nitrogens is 2. The van der Waals surface area contributed by atoms with Crippen LogP contribution in [0.15, 0.2) is 113 Å². The van der Waals surface area contributed by atoms with E-state index in [1.807, 2.05) is 91.0 Å². The van der Waals surface area contributed by atoms with Gasteiger partial charge in [-0.3, -0.25) is 14.3 Å². The number of H-pyrrole nitrogens is 1. The predicted octanol–water partition coefficient (Wildman–Crippen LogP) is 3.42. The van der Waals surface area contributed by atoms with E-state index >= 15 is 0 Å². The van der Waals surface area contributed by atoms with Crippen LogP contribution in [0.25, 0.3) is 0 Å². The number of nitrogens with one attached hydrogen (secondary N) is 2. The number of hydrogen-bond acceptors (Lipinski definition) is 6. The molecule has 0 spiro atoms. The van der Waals surface area contributed by atoms with Crippen LogP contribution in [-0.2, 0) is 15.1 Å². The van der Waals surface area contributed by atoms with Crippen LogP contribution in [0.4, 0.5) is 0 Å². The van der Waals surface area contributed by atoms with Crippen LogP contribution >= 0.6 is 0 Å². The molecular formula is C32H35N3O5. The Bertz CT molecular complexity index is 1390. The Kier molecular flexibility index (Phi) is 8.42. The second-order valence-electron chi connectivity index (χ2n) is 10.5. The molecule has 2 heterocycles. The molecule has 1 aromatic heterocycles. The predicted molar refractivity (Wildman–Crippen MR) is 153 cm³/mol. The molecule has 0 radical (unpaired) electrons. The van der Waals surface area contributed by atoms with Crippen molar-refractivity contribution in [3.8, 4) is 0 Å². The lowest BCUT2D eigenvalue weighted by Gasteiger charge is -2.37. The Morgan fingerprint density at radius 3 is 1.90 bits per heavy atom. The first kappa shape index (κ1) is 27.7. The lowest BCUT2D eigenvalue weighted by Crippen LogP contribution is -2.48. The first-order valence-electron chi connectivity index (χ1n) is 13.6. The summed E-state index contributed by atoms with van der Waals surface area (Å²) in [4.78, 5) is 26.5. The number of hydrogen-bond donors (Lipinski definition) is 3. The highest BCUT2D eigenvalue weighted by molar-refractivity contribution is 5.47. The standard InChI is InChI=1S/C32H35N3O5/c1-22(2)20-33-28-26(40-30(29(28)37)35-19-18-27(36)34-31(35)38)21-39-32(23-12-6-3-7-13-23,24-14-8-4-9-15-24)25-16-10-5-11-17-25/h3-19,22,26,28-30,33,37H,20-21H2,1-2H3,(H,34,36,38)/t26-,28-,29+,30-/m1/s1. The van der Waals surface area contributed by atoms with Crippen molar-refractivity contribution in [1.29, 1.82) is 0 Å². The Balaban J connectivity index is 1.55. The Labute approximate surface area is 233 Å². The number of nitrogens with zero attached hydrogens (tertiary/aromatic N) is 1. The number of aromatic amines is 1. The van der Waals surface area contributed by atoms with Crippen LogP contribution in [0.1, 0.15) is 36.8 Å². The fourth-order valence-electron chi connectivity index (χ4n) is 5.34. The Morgan fingerprint density at radius 2 is 1.43 bits per heavy atom. The van der Waals surface area contributed by atoms with Gasteiger partial charge in [-0.25, -0.2) is 4.79 Å². The number of benzene rings is 3. The van der Waals surface area contributed by atoms with Crippen LogP contribution in [-0.4, -0.2) is 46.1 Å². The number of aliphatic hydroxyl groups is 1. The number of aliphatic hydroxyl groups excluding tert-OH is 1. The maximum atomic E-state index is 12.6. The molecule has 8 heteroatoms. The van der Waals surface area contributed by atoms with Crippen molar-refractivity contribution in [2.24, 2.45) is 5.92 Å². The molecule has 5 rings (SSSR count). The van der Waals surface area contributed by atoms with Crippen LogP contribution < -0.4 is 16.6 Å². The van der Waals surface area contributed by atoms with Crippen molar-refractivity contribution in [3.63, 3.8) is 0 Å². The Hall–Kier alpha value is -3.82. The summed E-state index contributed by atoms with van der Waals surface area (Å²) in [6.45, 7) is 4.90. The third-order valence-electron chi connectivity index (χ3n) is 7.27. The van der Waals surface area contributed by atoms with Gasteiger partial charge in [-0.2, -0.15) is 0 Å². The van der Waals surface area contributed by atoms with Crippen molar-refractivity contribution in [1.82, 2.24) is 14.9 Å². The molecule has 40 heavy (non-hydrogen) atoms. The summed E-state index contributed by atoms with van der Waals surface area (Å²) < 4.78 is 14.5. The normalized spacial score (nSPS) is 21.1. The molecule has 0 aliphatic carbocycles. The highest BCUT2D eigenvalue weighted by Crippen LogP contribution is 2.41. The molecule has 0 unspecified atom stereocenters. The summed E-state index contributed by atoms with van der Waals surface area (Å²) in [6.07, 6.45) is -1.31. The van der Waals surface area contributed by atoms with Gasteiger partial charge in [0.2, 0.25) is 0 Å². The fraction of sp³-hybridized carbons (Fsp3) is 0.312. The van der Waals surface area contributed by atoms with E-state index in [9.17, 15) is 14.7 Å². The minimum atomic E-state index is -1.06. The second-order valence-corrected chi connectivity index (χ2v) is 10.5. The maximum Gasteiger partial charge on any atom is 0.330 e. The average Bonchev–Trinajstić information content (AvgIpc) is 3.28. The van der Waals surface area contributed by atoms with E-state index in [1.165, 1.54) is 16.8 Å². The summed E-state index contributed by atoms with van der Waals surface area (Å²) in [5.74, 6) is 0.320. The van der Waals surface area contributed by atoms with Crippen LogP contribution in [0.2, 0.25) is 0 Å². The molecule has 1 aliphatic rings. The quantitative estimate of drug-likeness (QED) is 0.266. The summed E-state index contributed by atoms with van der Waals surface area (Å²) >= 11 is 0. The molecule has 4 atom stereocenters. The van der Waals surface area contributed by atoms with E-state index in [4.69, 9.17) is 9.47 Å². The molecule has 0 bridgehead atoms. The van der Waals surface area contributed by atoms with Crippen molar-refractivity contribution in [2.75, 3.05) is 13.2 Å². The summed E-state index contributed by atoms with van der Waals surface area (Å²) in [6, 6.07) is 30.8. The monoisotopic (exact) mass is 541 g/mol. The van der Waals surface area contributed by atoms with Crippen molar-refractivity contribution in [3.05, 3.63) is 141 Å². The third kappa shape index (κ3) is 5.57. The molecule has 1 fully saturated rings. The first-order valence-corrected chi connectivity index (χ1v) is 13.6. The van der Waals surface area contributed by atoms with Gasteiger partial charge in [0.1, 0.15) is 17.8 Å². The van der Waals surface area contributed by atoms with E-state index in [0.717, 1.165) is 16.7 Å². The summed E-state index contributed by atoms with van der Waals surface area (Å²) in [5.41, 5.74) is 0.727. The van der Waals surface area contributed by atoms with Gasteiger partial charge >= 0.3 is 5.69 Å². The molecule has 1 aliphatic heterocycles. The van der Waals surface area contributed by atoms with Crippen LogP contribution in [0.5, 0.6) is 0 Å². The van der Waals surface area contributed by atoms with Crippen LogP contribution in [0, 0.1) is 5.92 Å². The van der Waals surface area contributed by atoms with Gasteiger partial charge in [0.15, 0.2) is 6.23 Å². The van der Waals surface area contributed by atoms with Gasteiger partial charge in [0.05, 0.1) is 12.6 Å². The summed E-state index contributed by atoms with van der Waals surface area (Å²) in [7, 11) is 0. The zero-order chi connectivity index (χ0) is 28.1. The third-order valence-corrected chi connectivity index (χ3v) is 7.27. The molecule has 8 nitrogen and oxygen atoms in total. The second kappa shape index (κ2) is 12.1. The van der Waals surface area contributed by atoms with Gasteiger partial charge in [-0.1, -0.05) is 105 Å². The SMILES string of the molecule is CC(C)CN[C@H]1[C@H](O)[C@H](n2ccc(=O)[nH]c2=O)O[C@@H]1COC(c1ccccc1)(c1ccccc1)c1ccccc1. The van der Waals surface area contributed by atoms with Gasteiger partial charge in [0, 0.05) is 12.3 Å². The summed E-state index contributed by atoms with van der Waals surface area (Å²) in [5, 5.41) is 14.8. The van der Waals surface area contributed by atoms with E-state index in [0.29, 0.717) is 12.5 Å². The van der Waals surface area contributed by atoms with Crippen LogP contribution in [0.3, 0.4) is 0 Å². The molecular weight excluding hydrogens is 506 g/mol.